The van der Waals surface area contributed by atoms with Crippen molar-refractivity contribution in [3.8, 4) is 0 Å². The molecule has 2 bridgehead atoms. The van der Waals surface area contributed by atoms with Gasteiger partial charge in [-0.05, 0) is 31.7 Å². The van der Waals surface area contributed by atoms with Crippen LogP contribution in [-0.2, 0) is 0 Å². The van der Waals surface area contributed by atoms with Gasteiger partial charge in [-0.3, -0.25) is 0 Å². The van der Waals surface area contributed by atoms with E-state index in [0.717, 1.165) is 25.0 Å². The summed E-state index contributed by atoms with van der Waals surface area (Å²) in [5.74, 6) is 0.469. The van der Waals surface area contributed by atoms with Gasteiger partial charge in [-0.1, -0.05) is 0 Å². The summed E-state index contributed by atoms with van der Waals surface area (Å²) in [5, 5.41) is 7.72. The molecule has 0 aromatic carbocycles. The van der Waals surface area contributed by atoms with Gasteiger partial charge in [-0.25, -0.2) is 18.3 Å². The Bertz CT molecular complexity index is 641. The first-order chi connectivity index (χ1) is 9.72. The zero-order valence-electron chi connectivity index (χ0n) is 10.8. The first-order valence-electron chi connectivity index (χ1n) is 6.97. The first-order valence-corrected chi connectivity index (χ1v) is 6.97. The molecule has 2 saturated heterocycles. The third-order valence-corrected chi connectivity index (χ3v) is 4.49. The summed E-state index contributed by atoms with van der Waals surface area (Å²) in [7, 11) is 0. The van der Waals surface area contributed by atoms with Crippen molar-refractivity contribution in [2.45, 2.75) is 50.1 Å². The minimum atomic E-state index is -2.58. The number of hydrogen-bond acceptors (Lipinski definition) is 4. The number of fused-ring (bicyclic) bond motifs is 3. The van der Waals surface area contributed by atoms with E-state index in [4.69, 9.17) is 0 Å². The molecule has 0 aliphatic carbocycles. The molecule has 0 spiro atoms. The van der Waals surface area contributed by atoms with Gasteiger partial charge in [0, 0.05) is 18.0 Å². The number of halogens is 2. The normalized spacial score (nSPS) is 29.4. The van der Waals surface area contributed by atoms with E-state index >= 15 is 0 Å². The van der Waals surface area contributed by atoms with Crippen molar-refractivity contribution in [3.63, 3.8) is 0 Å². The van der Waals surface area contributed by atoms with Gasteiger partial charge < -0.3 is 5.32 Å². The number of aromatic nitrogens is 4. The van der Waals surface area contributed by atoms with E-state index in [1.165, 1.54) is 18.8 Å². The maximum Gasteiger partial charge on any atom is 0.280 e. The lowest BCUT2D eigenvalue weighted by atomic mass is 9.88. The monoisotopic (exact) mass is 279 g/mol. The molecule has 7 heteroatoms. The standard InChI is InChI=1S/C13H15F2N5/c14-12(15)10-5-11(20-13(19-10)16-6-17-20)8-3-1-7-2-4-9(8)18-7/h5-9,12,18H,1-4H2/t7-,8-,9-/m0/s1. The maximum absolute atomic E-state index is 13.0. The summed E-state index contributed by atoms with van der Waals surface area (Å²) < 4.78 is 27.6. The molecule has 0 saturated carbocycles. The van der Waals surface area contributed by atoms with Crippen LogP contribution in [0.2, 0.25) is 0 Å². The second-order valence-corrected chi connectivity index (χ2v) is 5.61. The minimum absolute atomic E-state index is 0.207. The van der Waals surface area contributed by atoms with Gasteiger partial charge in [0.15, 0.2) is 0 Å². The summed E-state index contributed by atoms with van der Waals surface area (Å²) in [6.45, 7) is 0. The molecule has 2 fully saturated rings. The average Bonchev–Trinajstić information content (AvgIpc) is 3.05. The van der Waals surface area contributed by atoms with Crippen LogP contribution in [-0.4, -0.2) is 31.7 Å². The number of piperidine rings is 1. The molecular weight excluding hydrogens is 264 g/mol. The van der Waals surface area contributed by atoms with Crippen LogP contribution in [0.4, 0.5) is 8.78 Å². The molecule has 5 nitrogen and oxygen atoms in total. The van der Waals surface area contributed by atoms with Gasteiger partial charge >= 0.3 is 0 Å². The lowest BCUT2D eigenvalue weighted by Crippen LogP contribution is -2.39. The van der Waals surface area contributed by atoms with Crippen molar-refractivity contribution in [2.24, 2.45) is 0 Å². The number of hydrogen-bond donors (Lipinski definition) is 1. The average molecular weight is 279 g/mol. The first kappa shape index (κ1) is 12.1. The zero-order chi connectivity index (χ0) is 13.7. The largest absolute Gasteiger partial charge is 0.311 e. The zero-order valence-corrected chi connectivity index (χ0v) is 10.8. The Balaban J connectivity index is 1.83. The Morgan fingerprint density at radius 1 is 1.25 bits per heavy atom. The van der Waals surface area contributed by atoms with Crippen LogP contribution in [0, 0.1) is 0 Å². The molecule has 2 aromatic rings. The molecule has 4 rings (SSSR count). The van der Waals surface area contributed by atoms with Crippen LogP contribution in [0.15, 0.2) is 12.4 Å². The molecule has 2 aromatic heterocycles. The Hall–Kier alpha value is -1.63. The van der Waals surface area contributed by atoms with Gasteiger partial charge in [-0.2, -0.15) is 10.1 Å². The van der Waals surface area contributed by atoms with E-state index in [2.05, 4.69) is 20.4 Å². The van der Waals surface area contributed by atoms with Crippen LogP contribution >= 0.6 is 0 Å². The third-order valence-electron chi connectivity index (χ3n) is 4.49. The number of rotatable bonds is 2. The van der Waals surface area contributed by atoms with Gasteiger partial charge in [0.25, 0.3) is 12.2 Å². The van der Waals surface area contributed by atoms with Gasteiger partial charge in [0.2, 0.25) is 0 Å². The SMILES string of the molecule is FC(F)c1cc([C@H]2CC[C@H]3CC[C@@H]2N3)n2ncnc2n1. The van der Waals surface area contributed by atoms with Crippen LogP contribution in [0.5, 0.6) is 0 Å². The Kier molecular flexibility index (Phi) is 2.70. The lowest BCUT2D eigenvalue weighted by molar-refractivity contribution is 0.146. The van der Waals surface area contributed by atoms with E-state index < -0.39 is 6.43 Å². The predicted molar refractivity (Wildman–Crippen MR) is 67.7 cm³/mol. The molecule has 1 N–H and O–H groups in total. The molecule has 20 heavy (non-hydrogen) atoms. The molecule has 2 aliphatic rings. The van der Waals surface area contributed by atoms with Crippen LogP contribution in [0.1, 0.15) is 49.4 Å². The van der Waals surface area contributed by atoms with Gasteiger partial charge in [-0.15, -0.1) is 0 Å². The van der Waals surface area contributed by atoms with Crippen molar-refractivity contribution in [1.29, 1.82) is 0 Å². The second kappa shape index (κ2) is 4.44. The van der Waals surface area contributed by atoms with E-state index in [1.54, 1.807) is 4.52 Å². The van der Waals surface area contributed by atoms with Crippen LogP contribution in [0.3, 0.4) is 0 Å². The summed E-state index contributed by atoms with van der Waals surface area (Å²) in [4.78, 5) is 7.84. The highest BCUT2D eigenvalue weighted by Crippen LogP contribution is 2.38. The van der Waals surface area contributed by atoms with Crippen LogP contribution < -0.4 is 5.32 Å². The molecule has 0 amide bonds. The summed E-state index contributed by atoms with van der Waals surface area (Å²) >= 11 is 0. The molecule has 106 valence electrons. The van der Waals surface area contributed by atoms with E-state index in [0.29, 0.717) is 12.1 Å². The Morgan fingerprint density at radius 2 is 2.10 bits per heavy atom. The smallest absolute Gasteiger partial charge is 0.280 e. The Labute approximate surface area is 114 Å². The lowest BCUT2D eigenvalue weighted by Gasteiger charge is -2.30. The fourth-order valence-electron chi connectivity index (χ4n) is 3.56. The number of nitrogens with one attached hydrogen (secondary N) is 1. The highest BCUT2D eigenvalue weighted by Gasteiger charge is 2.37. The molecule has 2 aliphatic heterocycles. The fourth-order valence-corrected chi connectivity index (χ4v) is 3.56. The number of nitrogens with zero attached hydrogens (tertiary/aromatic N) is 4. The quantitative estimate of drug-likeness (QED) is 0.914. The predicted octanol–water partition coefficient (Wildman–Crippen LogP) is 2.06. The Morgan fingerprint density at radius 3 is 2.95 bits per heavy atom. The summed E-state index contributed by atoms with van der Waals surface area (Å²) in [5.41, 5.74) is 0.598. The van der Waals surface area contributed by atoms with Crippen molar-refractivity contribution in [1.82, 2.24) is 24.9 Å². The van der Waals surface area contributed by atoms with E-state index in [1.807, 2.05) is 0 Å². The van der Waals surface area contributed by atoms with E-state index in [9.17, 15) is 8.78 Å². The van der Waals surface area contributed by atoms with Crippen molar-refractivity contribution >= 4 is 5.78 Å². The van der Waals surface area contributed by atoms with Crippen LogP contribution in [0.25, 0.3) is 5.78 Å². The van der Waals surface area contributed by atoms with Gasteiger partial charge in [0.1, 0.15) is 12.0 Å². The molecule has 4 heterocycles. The fraction of sp³-hybridized carbons (Fsp3) is 0.615. The van der Waals surface area contributed by atoms with E-state index in [-0.39, 0.29) is 17.4 Å². The van der Waals surface area contributed by atoms with Crippen molar-refractivity contribution < 1.29 is 8.78 Å². The highest BCUT2D eigenvalue weighted by atomic mass is 19.3. The maximum atomic E-state index is 13.0. The molecule has 3 atom stereocenters. The highest BCUT2D eigenvalue weighted by molar-refractivity contribution is 5.33. The third kappa shape index (κ3) is 1.80. The van der Waals surface area contributed by atoms with Crippen molar-refractivity contribution in [3.05, 3.63) is 23.8 Å². The second-order valence-electron chi connectivity index (χ2n) is 5.61. The molecular formula is C13H15F2N5. The molecule has 0 unspecified atom stereocenters. The topological polar surface area (TPSA) is 55.1 Å². The molecule has 0 radical (unpaired) electrons. The minimum Gasteiger partial charge on any atom is -0.311 e. The van der Waals surface area contributed by atoms with Crippen molar-refractivity contribution in [2.75, 3.05) is 0 Å². The summed E-state index contributed by atoms with van der Waals surface area (Å²) in [6, 6.07) is 2.45. The summed E-state index contributed by atoms with van der Waals surface area (Å²) in [6.07, 6.45) is 3.15. The van der Waals surface area contributed by atoms with Gasteiger partial charge in [0.05, 0.1) is 5.69 Å². The number of alkyl halides is 2.